The first-order chi connectivity index (χ1) is 4.70. The third-order valence-corrected chi connectivity index (χ3v) is 1.08. The molecule has 0 aliphatic rings. The first-order valence-electron chi connectivity index (χ1n) is 3.43. The molecule has 0 saturated heterocycles. The zero-order valence-corrected chi connectivity index (χ0v) is 6.37. The average molecular weight is 143 g/mol. The Hall–Kier alpha value is -0.590. The summed E-state index contributed by atoms with van der Waals surface area (Å²) in [5, 5.41) is 17.2. The maximum Gasteiger partial charge on any atom is 0.156 e. The van der Waals surface area contributed by atoms with E-state index in [9.17, 15) is 0 Å². The minimum absolute atomic E-state index is 0.512. The van der Waals surface area contributed by atoms with Crippen molar-refractivity contribution in [2.45, 2.75) is 39.1 Å². The second kappa shape index (κ2) is 5.21. The molecule has 3 heteroatoms. The van der Waals surface area contributed by atoms with E-state index in [2.05, 4.69) is 0 Å². The van der Waals surface area contributed by atoms with Gasteiger partial charge in [0.15, 0.2) is 6.29 Å². The van der Waals surface area contributed by atoms with Crippen molar-refractivity contribution in [2.24, 2.45) is 0 Å². The van der Waals surface area contributed by atoms with Crippen molar-refractivity contribution in [1.29, 1.82) is 5.26 Å². The van der Waals surface area contributed by atoms with Gasteiger partial charge in [0.2, 0.25) is 0 Å². The highest BCUT2D eigenvalue weighted by atomic mass is 16.6. The fourth-order valence-corrected chi connectivity index (χ4v) is 0.581. The highest BCUT2D eigenvalue weighted by Gasteiger charge is 2.06. The molecule has 0 heterocycles. The molecule has 58 valence electrons. The van der Waals surface area contributed by atoms with Gasteiger partial charge >= 0.3 is 0 Å². The molecule has 3 nitrogen and oxygen atoms in total. The molecule has 0 aromatic carbocycles. The van der Waals surface area contributed by atoms with Crippen LogP contribution in [0.4, 0.5) is 0 Å². The van der Waals surface area contributed by atoms with E-state index in [4.69, 9.17) is 15.1 Å². The Labute approximate surface area is 61.2 Å². The topological polar surface area (TPSA) is 53.2 Å². The van der Waals surface area contributed by atoms with Gasteiger partial charge in [0, 0.05) is 0 Å². The zero-order chi connectivity index (χ0) is 7.98. The first-order valence-corrected chi connectivity index (χ1v) is 3.43. The summed E-state index contributed by atoms with van der Waals surface area (Å²) in [7, 11) is 0. The van der Waals surface area contributed by atoms with Crippen LogP contribution in [-0.2, 0) is 4.74 Å². The highest BCUT2D eigenvalue weighted by molar-refractivity contribution is 4.79. The lowest BCUT2D eigenvalue weighted by atomic mass is 10.3. The standard InChI is InChI=1S/C7H13NO2/c1-3-4-7(9)10-6(2)5-8/h6-7,9H,3-4H2,1-2H3. The van der Waals surface area contributed by atoms with Crippen molar-refractivity contribution in [3.05, 3.63) is 0 Å². The van der Waals surface area contributed by atoms with Gasteiger partial charge in [0.1, 0.15) is 6.10 Å². The molecule has 2 atom stereocenters. The maximum atomic E-state index is 8.98. The van der Waals surface area contributed by atoms with Gasteiger partial charge in [-0.05, 0) is 13.3 Å². The molecule has 0 aromatic heterocycles. The van der Waals surface area contributed by atoms with Crippen molar-refractivity contribution < 1.29 is 9.84 Å². The lowest BCUT2D eigenvalue weighted by molar-refractivity contribution is -0.118. The predicted octanol–water partition coefficient (Wildman–Crippen LogP) is 1.03. The highest BCUT2D eigenvalue weighted by Crippen LogP contribution is 2.00. The molecule has 2 unspecified atom stereocenters. The summed E-state index contributed by atoms with van der Waals surface area (Å²) in [5.74, 6) is 0. The smallest absolute Gasteiger partial charge is 0.156 e. The van der Waals surface area contributed by atoms with Crippen LogP contribution in [0.5, 0.6) is 0 Å². The van der Waals surface area contributed by atoms with Gasteiger partial charge in [-0.3, -0.25) is 0 Å². The first kappa shape index (κ1) is 9.41. The molecule has 0 radical (unpaired) electrons. The third-order valence-electron chi connectivity index (χ3n) is 1.08. The number of nitriles is 1. The molecule has 0 aliphatic heterocycles. The van der Waals surface area contributed by atoms with Gasteiger partial charge in [-0.1, -0.05) is 13.3 Å². The van der Waals surface area contributed by atoms with Crippen LogP contribution in [-0.4, -0.2) is 17.5 Å². The van der Waals surface area contributed by atoms with Crippen molar-refractivity contribution in [2.75, 3.05) is 0 Å². The molecule has 0 fully saturated rings. The van der Waals surface area contributed by atoms with Crippen LogP contribution >= 0.6 is 0 Å². The van der Waals surface area contributed by atoms with Crippen LogP contribution in [0.15, 0.2) is 0 Å². The Bertz CT molecular complexity index is 119. The molecule has 0 saturated carbocycles. The van der Waals surface area contributed by atoms with E-state index in [1.54, 1.807) is 6.92 Å². The Morgan fingerprint density at radius 1 is 1.70 bits per heavy atom. The minimum Gasteiger partial charge on any atom is -0.368 e. The number of rotatable bonds is 4. The van der Waals surface area contributed by atoms with Crippen molar-refractivity contribution in [1.82, 2.24) is 0 Å². The van der Waals surface area contributed by atoms with Crippen LogP contribution in [0.1, 0.15) is 26.7 Å². The number of aliphatic hydroxyl groups excluding tert-OH is 1. The van der Waals surface area contributed by atoms with Gasteiger partial charge < -0.3 is 9.84 Å². The molecule has 0 spiro atoms. The average Bonchev–Trinajstić information content (AvgIpc) is 1.88. The normalized spacial score (nSPS) is 15.8. The maximum absolute atomic E-state index is 8.98. The summed E-state index contributed by atoms with van der Waals surface area (Å²) in [5.41, 5.74) is 0. The Morgan fingerprint density at radius 2 is 2.30 bits per heavy atom. The molecule has 0 aliphatic carbocycles. The number of hydrogen-bond acceptors (Lipinski definition) is 3. The minimum atomic E-state index is -0.778. The van der Waals surface area contributed by atoms with E-state index in [1.165, 1.54) is 0 Å². The van der Waals surface area contributed by atoms with Crippen LogP contribution in [0.2, 0.25) is 0 Å². The fourth-order valence-electron chi connectivity index (χ4n) is 0.581. The lowest BCUT2D eigenvalue weighted by Crippen LogP contribution is -2.17. The second-order valence-electron chi connectivity index (χ2n) is 2.15. The van der Waals surface area contributed by atoms with Gasteiger partial charge in [0.25, 0.3) is 0 Å². The Morgan fingerprint density at radius 3 is 2.70 bits per heavy atom. The van der Waals surface area contributed by atoms with E-state index in [0.29, 0.717) is 6.42 Å². The number of aliphatic hydroxyl groups is 1. The van der Waals surface area contributed by atoms with Crippen molar-refractivity contribution >= 4 is 0 Å². The summed E-state index contributed by atoms with van der Waals surface area (Å²) in [4.78, 5) is 0. The van der Waals surface area contributed by atoms with Gasteiger partial charge in [-0.25, -0.2) is 0 Å². The molecule has 1 N–H and O–H groups in total. The fraction of sp³-hybridized carbons (Fsp3) is 0.857. The van der Waals surface area contributed by atoms with Gasteiger partial charge in [-0.2, -0.15) is 5.26 Å². The summed E-state index contributed by atoms with van der Waals surface area (Å²) < 4.78 is 4.83. The number of hydrogen-bond donors (Lipinski definition) is 1. The summed E-state index contributed by atoms with van der Waals surface area (Å²) in [6.07, 6.45) is 0.159. The van der Waals surface area contributed by atoms with Crippen LogP contribution in [0.3, 0.4) is 0 Å². The molecule has 0 bridgehead atoms. The molecule has 0 aromatic rings. The van der Waals surface area contributed by atoms with Crippen LogP contribution in [0, 0.1) is 11.3 Å². The van der Waals surface area contributed by atoms with Crippen LogP contribution < -0.4 is 0 Å². The predicted molar refractivity (Wildman–Crippen MR) is 37.1 cm³/mol. The SMILES string of the molecule is CCCC(O)OC(C)C#N. The van der Waals surface area contributed by atoms with E-state index < -0.39 is 12.4 Å². The lowest BCUT2D eigenvalue weighted by Gasteiger charge is -2.11. The third kappa shape index (κ3) is 4.30. The molecule has 0 rings (SSSR count). The monoisotopic (exact) mass is 143 g/mol. The largest absolute Gasteiger partial charge is 0.368 e. The van der Waals surface area contributed by atoms with Gasteiger partial charge in [-0.15, -0.1) is 0 Å². The van der Waals surface area contributed by atoms with E-state index in [1.807, 2.05) is 13.0 Å². The molecular formula is C7H13NO2. The zero-order valence-electron chi connectivity index (χ0n) is 6.37. The molecule has 10 heavy (non-hydrogen) atoms. The Balaban J connectivity index is 3.39. The second-order valence-corrected chi connectivity index (χ2v) is 2.15. The summed E-state index contributed by atoms with van der Waals surface area (Å²) in [6, 6.07) is 1.87. The molecular weight excluding hydrogens is 130 g/mol. The summed E-state index contributed by atoms with van der Waals surface area (Å²) >= 11 is 0. The quantitative estimate of drug-likeness (QED) is 0.598. The number of ether oxygens (including phenoxy) is 1. The van der Waals surface area contributed by atoms with E-state index >= 15 is 0 Å². The van der Waals surface area contributed by atoms with Gasteiger partial charge in [0.05, 0.1) is 6.07 Å². The van der Waals surface area contributed by atoms with E-state index in [0.717, 1.165) is 6.42 Å². The number of nitrogens with zero attached hydrogens (tertiary/aromatic N) is 1. The van der Waals surface area contributed by atoms with Crippen LogP contribution in [0.25, 0.3) is 0 Å². The summed E-state index contributed by atoms with van der Waals surface area (Å²) in [6.45, 7) is 3.56. The van der Waals surface area contributed by atoms with E-state index in [-0.39, 0.29) is 0 Å². The Kier molecular flexibility index (Phi) is 4.91. The molecule has 0 amide bonds. The van der Waals surface area contributed by atoms with Crippen molar-refractivity contribution in [3.8, 4) is 6.07 Å². The van der Waals surface area contributed by atoms with Crippen molar-refractivity contribution in [3.63, 3.8) is 0 Å².